The van der Waals surface area contributed by atoms with Crippen molar-refractivity contribution in [3.8, 4) is 0 Å². The van der Waals surface area contributed by atoms with Crippen molar-refractivity contribution in [2.45, 2.75) is 39.2 Å². The first-order chi connectivity index (χ1) is 8.50. The molecule has 1 aromatic rings. The van der Waals surface area contributed by atoms with Crippen LogP contribution in [0, 0.1) is 5.92 Å². The van der Waals surface area contributed by atoms with Crippen molar-refractivity contribution in [1.82, 2.24) is 5.32 Å². The van der Waals surface area contributed by atoms with Gasteiger partial charge in [-0.2, -0.15) is 0 Å². The van der Waals surface area contributed by atoms with Crippen LogP contribution in [0.4, 0.5) is 0 Å². The predicted octanol–water partition coefficient (Wildman–Crippen LogP) is 2.29. The zero-order chi connectivity index (χ0) is 13.5. The predicted molar refractivity (Wildman–Crippen MR) is 66.3 cm³/mol. The molecule has 0 aliphatic carbocycles. The highest BCUT2D eigenvalue weighted by Crippen LogP contribution is 2.10. The number of carbonyl (C=O) groups excluding carboxylic acids is 1. The molecule has 5 nitrogen and oxygen atoms in total. The summed E-state index contributed by atoms with van der Waals surface area (Å²) in [5.74, 6) is -1.27. The number of furan rings is 1. The van der Waals surface area contributed by atoms with Crippen LogP contribution in [-0.2, 0) is 4.79 Å². The monoisotopic (exact) mass is 253 g/mol. The second kappa shape index (κ2) is 6.83. The summed E-state index contributed by atoms with van der Waals surface area (Å²) in [4.78, 5) is 22.3. The van der Waals surface area contributed by atoms with Crippen LogP contribution in [0.3, 0.4) is 0 Å². The zero-order valence-electron chi connectivity index (χ0n) is 10.7. The van der Waals surface area contributed by atoms with E-state index in [0.29, 0.717) is 12.0 Å². The van der Waals surface area contributed by atoms with Gasteiger partial charge >= 0.3 is 5.97 Å². The fraction of sp³-hybridized carbons (Fsp3) is 0.538. The largest absolute Gasteiger partial charge is 0.481 e. The number of carboxylic acids is 1. The van der Waals surface area contributed by atoms with Crippen LogP contribution in [0.15, 0.2) is 23.0 Å². The molecule has 1 heterocycles. The number of rotatable bonds is 7. The third-order valence-electron chi connectivity index (χ3n) is 2.86. The van der Waals surface area contributed by atoms with Crippen molar-refractivity contribution in [1.29, 1.82) is 0 Å². The molecule has 0 fully saturated rings. The Labute approximate surface area is 106 Å². The summed E-state index contributed by atoms with van der Waals surface area (Å²) in [5, 5.41) is 11.6. The maximum atomic E-state index is 11.7. The fourth-order valence-electron chi connectivity index (χ4n) is 1.63. The van der Waals surface area contributed by atoms with Crippen molar-refractivity contribution in [2.75, 3.05) is 0 Å². The van der Waals surface area contributed by atoms with Crippen LogP contribution in [0.2, 0.25) is 0 Å². The number of carboxylic acid groups (broad SMARTS) is 1. The van der Waals surface area contributed by atoms with Crippen LogP contribution >= 0.6 is 0 Å². The van der Waals surface area contributed by atoms with E-state index < -0.39 is 5.97 Å². The molecule has 0 saturated heterocycles. The summed E-state index contributed by atoms with van der Waals surface area (Å²) < 4.78 is 4.83. The van der Waals surface area contributed by atoms with Gasteiger partial charge in [0.05, 0.1) is 17.7 Å². The smallest absolute Gasteiger partial charge is 0.306 e. The van der Waals surface area contributed by atoms with Gasteiger partial charge in [-0.3, -0.25) is 9.59 Å². The Balaban J connectivity index is 2.24. The zero-order valence-corrected chi connectivity index (χ0v) is 10.7. The van der Waals surface area contributed by atoms with E-state index in [9.17, 15) is 9.59 Å². The first kappa shape index (κ1) is 14.3. The van der Waals surface area contributed by atoms with E-state index >= 15 is 0 Å². The molecule has 1 amide bonds. The Morgan fingerprint density at radius 2 is 2.11 bits per heavy atom. The Morgan fingerprint density at radius 3 is 2.67 bits per heavy atom. The molecule has 0 aliphatic heterocycles. The molecule has 5 heteroatoms. The fourth-order valence-corrected chi connectivity index (χ4v) is 1.63. The number of nitrogens with one attached hydrogen (secondary N) is 1. The molecule has 0 aromatic carbocycles. The van der Waals surface area contributed by atoms with Crippen molar-refractivity contribution >= 4 is 11.9 Å². The average molecular weight is 253 g/mol. The quantitative estimate of drug-likeness (QED) is 0.781. The first-order valence-corrected chi connectivity index (χ1v) is 6.06. The van der Waals surface area contributed by atoms with Crippen molar-refractivity contribution in [3.63, 3.8) is 0 Å². The van der Waals surface area contributed by atoms with Gasteiger partial charge in [0.2, 0.25) is 0 Å². The summed E-state index contributed by atoms with van der Waals surface area (Å²) in [5.41, 5.74) is 0.501. The van der Waals surface area contributed by atoms with E-state index in [1.807, 2.05) is 6.92 Å². The van der Waals surface area contributed by atoms with Crippen LogP contribution in [0.5, 0.6) is 0 Å². The molecular formula is C13H19NO4. The van der Waals surface area contributed by atoms with Gasteiger partial charge in [0.25, 0.3) is 5.91 Å². The highest BCUT2D eigenvalue weighted by molar-refractivity contribution is 5.93. The molecule has 0 bridgehead atoms. The molecule has 0 radical (unpaired) electrons. The van der Waals surface area contributed by atoms with Crippen LogP contribution in [-0.4, -0.2) is 23.0 Å². The van der Waals surface area contributed by atoms with Gasteiger partial charge in [-0.05, 0) is 25.8 Å². The Morgan fingerprint density at radius 1 is 1.39 bits per heavy atom. The van der Waals surface area contributed by atoms with Crippen LogP contribution < -0.4 is 5.32 Å². The molecule has 2 atom stereocenters. The number of amides is 1. The third kappa shape index (κ3) is 4.61. The van der Waals surface area contributed by atoms with Crippen LogP contribution in [0.1, 0.15) is 43.5 Å². The summed E-state index contributed by atoms with van der Waals surface area (Å²) >= 11 is 0. The summed E-state index contributed by atoms with van der Waals surface area (Å²) in [6.07, 6.45) is 5.02. The third-order valence-corrected chi connectivity index (χ3v) is 2.86. The van der Waals surface area contributed by atoms with E-state index in [4.69, 9.17) is 9.52 Å². The minimum Gasteiger partial charge on any atom is -0.481 e. The number of hydrogen-bond donors (Lipinski definition) is 2. The van der Waals surface area contributed by atoms with E-state index in [-0.39, 0.29) is 17.9 Å². The van der Waals surface area contributed by atoms with Gasteiger partial charge < -0.3 is 14.8 Å². The Hall–Kier alpha value is -1.78. The van der Waals surface area contributed by atoms with Gasteiger partial charge in [-0.15, -0.1) is 0 Å². The van der Waals surface area contributed by atoms with Gasteiger partial charge in [0, 0.05) is 6.04 Å². The van der Waals surface area contributed by atoms with Crippen molar-refractivity contribution in [3.05, 3.63) is 24.2 Å². The molecule has 0 aliphatic rings. The summed E-state index contributed by atoms with van der Waals surface area (Å²) in [7, 11) is 0. The highest BCUT2D eigenvalue weighted by atomic mass is 16.4. The molecule has 0 saturated carbocycles. The average Bonchev–Trinajstić information content (AvgIpc) is 2.81. The molecular weight excluding hydrogens is 234 g/mol. The Bertz CT molecular complexity index is 386. The highest BCUT2D eigenvalue weighted by Gasteiger charge is 2.13. The molecule has 2 unspecified atom stereocenters. The van der Waals surface area contributed by atoms with Gasteiger partial charge in [-0.1, -0.05) is 13.3 Å². The summed E-state index contributed by atoms with van der Waals surface area (Å²) in [6, 6.07) is 1.63. The van der Waals surface area contributed by atoms with E-state index in [1.165, 1.54) is 12.5 Å². The lowest BCUT2D eigenvalue weighted by Crippen LogP contribution is -2.32. The minimum absolute atomic E-state index is 0.0217. The first-order valence-electron chi connectivity index (χ1n) is 6.06. The Kier molecular flexibility index (Phi) is 5.42. The van der Waals surface area contributed by atoms with Gasteiger partial charge in [0.1, 0.15) is 6.26 Å². The normalized spacial score (nSPS) is 13.9. The van der Waals surface area contributed by atoms with Crippen LogP contribution in [0.25, 0.3) is 0 Å². The molecule has 100 valence electrons. The minimum atomic E-state index is -0.773. The molecule has 2 N–H and O–H groups in total. The molecule has 18 heavy (non-hydrogen) atoms. The van der Waals surface area contributed by atoms with Crippen molar-refractivity contribution in [2.24, 2.45) is 5.92 Å². The summed E-state index contributed by atoms with van der Waals surface area (Å²) in [6.45, 7) is 3.60. The lowest BCUT2D eigenvalue weighted by atomic mass is 10.0. The number of hydrogen-bond acceptors (Lipinski definition) is 3. The van der Waals surface area contributed by atoms with E-state index in [2.05, 4.69) is 5.32 Å². The number of carbonyl (C=O) groups is 2. The second-order valence-corrected chi connectivity index (χ2v) is 4.56. The maximum Gasteiger partial charge on any atom is 0.306 e. The molecule has 1 rings (SSSR count). The molecule has 1 aromatic heterocycles. The lowest BCUT2D eigenvalue weighted by molar-refractivity contribution is -0.141. The van der Waals surface area contributed by atoms with E-state index in [0.717, 1.165) is 12.8 Å². The lowest BCUT2D eigenvalue weighted by Gasteiger charge is -2.13. The second-order valence-electron chi connectivity index (χ2n) is 4.56. The van der Waals surface area contributed by atoms with Gasteiger partial charge in [-0.25, -0.2) is 0 Å². The molecule has 0 spiro atoms. The standard InChI is InChI=1S/C13H19NO4/c1-9(13(16)17)4-3-5-10(2)14-12(15)11-6-7-18-8-11/h6-10H,3-5H2,1-2H3,(H,14,15)(H,16,17). The number of aliphatic carboxylic acids is 1. The topological polar surface area (TPSA) is 79.5 Å². The van der Waals surface area contributed by atoms with Crippen molar-refractivity contribution < 1.29 is 19.1 Å². The van der Waals surface area contributed by atoms with E-state index in [1.54, 1.807) is 13.0 Å². The maximum absolute atomic E-state index is 11.7. The SMILES string of the molecule is CC(CCCC(C)C(=O)O)NC(=O)c1ccoc1. The van der Waals surface area contributed by atoms with Gasteiger partial charge in [0.15, 0.2) is 0 Å².